The highest BCUT2D eigenvalue weighted by Crippen LogP contribution is 2.26. The third kappa shape index (κ3) is 3.21. The zero-order valence-corrected chi connectivity index (χ0v) is 15.7. The molecule has 3 aromatic heterocycles. The number of carbonyl (C=O) groups is 1. The van der Waals surface area contributed by atoms with Crippen LogP contribution in [0, 0.1) is 13.8 Å². The lowest BCUT2D eigenvalue weighted by atomic mass is 10.2. The smallest absolute Gasteiger partial charge is 0.266 e. The van der Waals surface area contributed by atoms with Crippen LogP contribution in [-0.4, -0.2) is 48.6 Å². The van der Waals surface area contributed by atoms with Gasteiger partial charge < -0.3 is 4.90 Å². The van der Waals surface area contributed by atoms with Crippen LogP contribution in [0.2, 0.25) is 0 Å². The van der Waals surface area contributed by atoms with E-state index in [0.717, 1.165) is 39.8 Å². The molecule has 9 heteroatoms. The highest BCUT2D eigenvalue weighted by atomic mass is 32.1. The van der Waals surface area contributed by atoms with Crippen molar-refractivity contribution in [2.45, 2.75) is 39.3 Å². The molecule has 1 fully saturated rings. The average Bonchev–Trinajstić information content (AvgIpc) is 3.33. The van der Waals surface area contributed by atoms with Crippen molar-refractivity contribution in [3.63, 3.8) is 0 Å². The summed E-state index contributed by atoms with van der Waals surface area (Å²) in [6.45, 7) is 5.17. The number of hydrogen-bond donors (Lipinski definition) is 0. The fraction of sp³-hybridized carbons (Fsp3) is 0.438. The fourth-order valence-corrected chi connectivity index (χ4v) is 4.69. The number of thiophene rings is 1. The number of likely N-dealkylation sites (tertiary alicyclic amines) is 1. The van der Waals surface area contributed by atoms with E-state index in [-0.39, 0.29) is 11.9 Å². The van der Waals surface area contributed by atoms with Crippen LogP contribution in [0.4, 0.5) is 0 Å². The highest BCUT2D eigenvalue weighted by Gasteiger charge is 2.32. The monoisotopic (exact) mass is 374 g/mol. The summed E-state index contributed by atoms with van der Waals surface area (Å²) in [5.41, 5.74) is 0.817. The standard InChI is InChI=1S/C16H18N6OS2/c1-10-14(25-11(2)17-10)16(23)21-7-3-5-12(21)9-22-19-15(18-20-22)13-6-4-8-24-13/h4,6,8,12H,3,5,7,9H2,1-2H3/t12-/m1/s1. The van der Waals surface area contributed by atoms with Crippen molar-refractivity contribution in [2.24, 2.45) is 0 Å². The maximum Gasteiger partial charge on any atom is 0.266 e. The number of aromatic nitrogens is 5. The van der Waals surface area contributed by atoms with Gasteiger partial charge in [-0.05, 0) is 43.3 Å². The summed E-state index contributed by atoms with van der Waals surface area (Å²) in [6, 6.07) is 4.05. The Morgan fingerprint density at radius 3 is 3.00 bits per heavy atom. The molecule has 7 nitrogen and oxygen atoms in total. The second kappa shape index (κ2) is 6.64. The number of thiazole rings is 1. The minimum atomic E-state index is 0.0733. The summed E-state index contributed by atoms with van der Waals surface area (Å²) in [5.74, 6) is 0.712. The molecule has 0 unspecified atom stereocenters. The number of rotatable bonds is 4. The van der Waals surface area contributed by atoms with Crippen molar-refractivity contribution in [3.05, 3.63) is 33.1 Å². The van der Waals surface area contributed by atoms with Crippen molar-refractivity contribution in [1.82, 2.24) is 30.1 Å². The molecule has 0 N–H and O–H groups in total. The molecule has 0 radical (unpaired) electrons. The van der Waals surface area contributed by atoms with Gasteiger partial charge in [-0.1, -0.05) is 6.07 Å². The quantitative estimate of drug-likeness (QED) is 0.702. The number of tetrazole rings is 1. The maximum atomic E-state index is 12.9. The van der Waals surface area contributed by atoms with Crippen LogP contribution in [-0.2, 0) is 6.54 Å². The number of carbonyl (C=O) groups excluding carboxylic acids is 1. The molecule has 1 amide bonds. The van der Waals surface area contributed by atoms with Gasteiger partial charge in [-0.2, -0.15) is 4.80 Å². The zero-order valence-electron chi connectivity index (χ0n) is 14.0. The molecule has 3 aromatic rings. The van der Waals surface area contributed by atoms with Crippen LogP contribution in [0.5, 0.6) is 0 Å². The molecule has 25 heavy (non-hydrogen) atoms. The van der Waals surface area contributed by atoms with Crippen LogP contribution in [0.1, 0.15) is 33.2 Å². The first-order chi connectivity index (χ1) is 12.1. The van der Waals surface area contributed by atoms with Gasteiger partial charge in [0.25, 0.3) is 5.91 Å². The predicted octanol–water partition coefficient (Wildman–Crippen LogP) is 2.78. The molecule has 1 aliphatic rings. The Morgan fingerprint density at radius 1 is 1.40 bits per heavy atom. The molecule has 4 rings (SSSR count). The summed E-state index contributed by atoms with van der Waals surface area (Å²) in [7, 11) is 0. The Labute approximate surface area is 153 Å². The second-order valence-corrected chi connectivity index (χ2v) is 8.24. The van der Waals surface area contributed by atoms with Gasteiger partial charge in [0.2, 0.25) is 5.82 Å². The number of hydrogen-bond acceptors (Lipinski definition) is 7. The number of nitrogens with zero attached hydrogens (tertiary/aromatic N) is 6. The van der Waals surface area contributed by atoms with E-state index in [2.05, 4.69) is 20.4 Å². The third-order valence-corrected chi connectivity index (χ3v) is 6.23. The first kappa shape index (κ1) is 16.3. The highest BCUT2D eigenvalue weighted by molar-refractivity contribution is 7.13. The molecule has 0 aliphatic carbocycles. The Balaban J connectivity index is 1.50. The van der Waals surface area contributed by atoms with Crippen LogP contribution in [0.25, 0.3) is 10.7 Å². The molecule has 0 saturated carbocycles. The van der Waals surface area contributed by atoms with Gasteiger partial charge in [-0.25, -0.2) is 4.98 Å². The summed E-state index contributed by atoms with van der Waals surface area (Å²) in [6.07, 6.45) is 1.96. The van der Waals surface area contributed by atoms with Crippen LogP contribution in [0.15, 0.2) is 17.5 Å². The van der Waals surface area contributed by atoms with Gasteiger partial charge in [0.05, 0.1) is 28.2 Å². The van der Waals surface area contributed by atoms with Crippen molar-refractivity contribution < 1.29 is 4.79 Å². The van der Waals surface area contributed by atoms with E-state index in [1.165, 1.54) is 11.3 Å². The molecule has 0 spiro atoms. The van der Waals surface area contributed by atoms with Gasteiger partial charge in [0.1, 0.15) is 4.88 Å². The number of amides is 1. The van der Waals surface area contributed by atoms with Crippen LogP contribution in [0.3, 0.4) is 0 Å². The molecule has 130 valence electrons. The molecule has 0 aromatic carbocycles. The molecular formula is C16H18N6OS2. The average molecular weight is 374 g/mol. The molecular weight excluding hydrogens is 356 g/mol. The molecule has 1 saturated heterocycles. The Bertz CT molecular complexity index is 884. The van der Waals surface area contributed by atoms with E-state index in [9.17, 15) is 4.79 Å². The second-order valence-electron chi connectivity index (χ2n) is 6.09. The lowest BCUT2D eigenvalue weighted by Crippen LogP contribution is -2.38. The van der Waals surface area contributed by atoms with Gasteiger partial charge in [0.15, 0.2) is 0 Å². The SMILES string of the molecule is Cc1nc(C)c(C(=O)N2CCC[C@@H]2Cn2nnc(-c3cccs3)n2)s1. The zero-order chi connectivity index (χ0) is 17.4. The van der Waals surface area contributed by atoms with E-state index in [0.29, 0.717) is 12.4 Å². The van der Waals surface area contributed by atoms with E-state index in [1.807, 2.05) is 36.3 Å². The van der Waals surface area contributed by atoms with Gasteiger partial charge in [-0.15, -0.1) is 32.9 Å². The van der Waals surface area contributed by atoms with Crippen molar-refractivity contribution >= 4 is 28.6 Å². The molecule has 1 atom stereocenters. The minimum Gasteiger partial charge on any atom is -0.333 e. The number of aryl methyl sites for hydroxylation is 2. The molecule has 4 heterocycles. The van der Waals surface area contributed by atoms with Gasteiger partial charge >= 0.3 is 0 Å². The Kier molecular flexibility index (Phi) is 4.34. The summed E-state index contributed by atoms with van der Waals surface area (Å²) < 4.78 is 0. The molecule has 1 aliphatic heterocycles. The predicted molar refractivity (Wildman–Crippen MR) is 96.8 cm³/mol. The largest absolute Gasteiger partial charge is 0.333 e. The Hall–Kier alpha value is -2.13. The normalized spacial score (nSPS) is 17.4. The topological polar surface area (TPSA) is 76.8 Å². The lowest BCUT2D eigenvalue weighted by molar-refractivity contribution is 0.0722. The third-order valence-electron chi connectivity index (χ3n) is 4.30. The van der Waals surface area contributed by atoms with Crippen LogP contribution >= 0.6 is 22.7 Å². The summed E-state index contributed by atoms with van der Waals surface area (Å²) in [5, 5.41) is 15.7. The first-order valence-electron chi connectivity index (χ1n) is 8.18. The van der Waals surface area contributed by atoms with Gasteiger partial charge in [0, 0.05) is 6.54 Å². The van der Waals surface area contributed by atoms with E-state index >= 15 is 0 Å². The van der Waals surface area contributed by atoms with Crippen molar-refractivity contribution in [3.8, 4) is 10.7 Å². The van der Waals surface area contributed by atoms with Gasteiger partial charge in [-0.3, -0.25) is 4.79 Å². The minimum absolute atomic E-state index is 0.0733. The van der Waals surface area contributed by atoms with E-state index in [4.69, 9.17) is 0 Å². The fourth-order valence-electron chi connectivity index (χ4n) is 3.17. The lowest BCUT2D eigenvalue weighted by Gasteiger charge is -2.23. The van der Waals surface area contributed by atoms with Crippen molar-refractivity contribution in [1.29, 1.82) is 0 Å². The van der Waals surface area contributed by atoms with Crippen molar-refractivity contribution in [2.75, 3.05) is 6.54 Å². The summed E-state index contributed by atoms with van der Waals surface area (Å²) in [4.78, 5) is 22.6. The van der Waals surface area contributed by atoms with E-state index < -0.39 is 0 Å². The first-order valence-corrected chi connectivity index (χ1v) is 9.88. The summed E-state index contributed by atoms with van der Waals surface area (Å²) >= 11 is 3.06. The molecule has 0 bridgehead atoms. The Morgan fingerprint density at radius 2 is 2.28 bits per heavy atom. The van der Waals surface area contributed by atoms with E-state index in [1.54, 1.807) is 16.1 Å². The maximum absolute atomic E-state index is 12.9. The van der Waals surface area contributed by atoms with Crippen LogP contribution < -0.4 is 0 Å².